The summed E-state index contributed by atoms with van der Waals surface area (Å²) >= 11 is 0. The molecule has 36 heavy (non-hydrogen) atoms. The van der Waals surface area contributed by atoms with Gasteiger partial charge in [0.1, 0.15) is 5.82 Å². The molecule has 0 atom stereocenters. The Morgan fingerprint density at radius 2 is 1.83 bits per heavy atom. The van der Waals surface area contributed by atoms with Crippen molar-refractivity contribution in [3.05, 3.63) is 36.3 Å². The number of anilines is 2. The van der Waals surface area contributed by atoms with Gasteiger partial charge in [-0.05, 0) is 25.1 Å². The Bertz CT molecular complexity index is 1230. The zero-order chi connectivity index (χ0) is 25.1. The second-order valence-electron chi connectivity index (χ2n) is 8.60. The van der Waals surface area contributed by atoms with Crippen molar-refractivity contribution in [3.63, 3.8) is 0 Å². The van der Waals surface area contributed by atoms with Crippen LogP contribution in [0.25, 0.3) is 16.9 Å². The number of nitrogens with zero attached hydrogens (tertiary/aromatic N) is 7. The Kier molecular flexibility index (Phi) is 6.85. The molecule has 1 N–H and O–H groups in total. The molecule has 5 rings (SSSR count). The minimum atomic E-state index is -0.899. The number of ether oxygens (including phenoxy) is 2. The summed E-state index contributed by atoms with van der Waals surface area (Å²) in [5.41, 5.74) is 3.66. The van der Waals surface area contributed by atoms with Crippen LogP contribution < -0.4 is 9.80 Å². The van der Waals surface area contributed by atoms with Crippen LogP contribution in [-0.4, -0.2) is 101 Å². The van der Waals surface area contributed by atoms with Gasteiger partial charge in [0.25, 0.3) is 0 Å². The number of pyridine rings is 1. The van der Waals surface area contributed by atoms with Crippen molar-refractivity contribution in [2.45, 2.75) is 13.3 Å². The molecule has 5 heterocycles. The molecule has 1 amide bonds. The maximum absolute atomic E-state index is 12.4. The van der Waals surface area contributed by atoms with Gasteiger partial charge in [0.05, 0.1) is 49.5 Å². The summed E-state index contributed by atoms with van der Waals surface area (Å²) in [6.07, 6.45) is 2.61. The lowest BCUT2D eigenvalue weighted by Crippen LogP contribution is -2.48. The van der Waals surface area contributed by atoms with E-state index in [1.807, 2.05) is 18.2 Å². The van der Waals surface area contributed by atoms with Gasteiger partial charge in [-0.25, -0.2) is 19.3 Å². The predicted octanol–water partition coefficient (Wildman–Crippen LogP) is 1.53. The van der Waals surface area contributed by atoms with Crippen LogP contribution in [0.4, 0.5) is 16.3 Å². The van der Waals surface area contributed by atoms with Gasteiger partial charge in [-0.15, -0.1) is 0 Å². The van der Waals surface area contributed by atoms with E-state index < -0.39 is 6.09 Å². The highest BCUT2D eigenvalue weighted by Gasteiger charge is 2.24. The van der Waals surface area contributed by atoms with Crippen LogP contribution in [0.5, 0.6) is 0 Å². The zero-order valence-corrected chi connectivity index (χ0v) is 20.2. The third-order valence-electron chi connectivity index (χ3n) is 6.43. The summed E-state index contributed by atoms with van der Waals surface area (Å²) in [7, 11) is 0. The summed E-state index contributed by atoms with van der Waals surface area (Å²) in [6.45, 7) is 6.88. The second kappa shape index (κ2) is 10.4. The van der Waals surface area contributed by atoms with Crippen molar-refractivity contribution in [1.82, 2.24) is 24.5 Å². The average Bonchev–Trinajstić information content (AvgIpc) is 3.27. The number of carboxylic acid groups (broad SMARTS) is 1. The molecule has 3 aromatic heterocycles. The van der Waals surface area contributed by atoms with Gasteiger partial charge in [0.15, 0.2) is 5.65 Å². The molecule has 3 aromatic rings. The van der Waals surface area contributed by atoms with Crippen LogP contribution in [0.15, 0.2) is 30.6 Å². The monoisotopic (exact) mass is 495 g/mol. The summed E-state index contributed by atoms with van der Waals surface area (Å²) in [4.78, 5) is 38.8. The molecule has 0 aliphatic carbocycles. The van der Waals surface area contributed by atoms with E-state index in [0.717, 1.165) is 30.2 Å². The number of carbonyl (C=O) groups is 2. The molecule has 0 unspecified atom stereocenters. The molecule has 2 aliphatic heterocycles. The number of imidazole rings is 1. The molecule has 0 aromatic carbocycles. The molecule has 0 radical (unpaired) electrons. The number of esters is 1. The zero-order valence-electron chi connectivity index (χ0n) is 20.2. The number of hydrogen-bond donors (Lipinski definition) is 1. The van der Waals surface area contributed by atoms with E-state index in [2.05, 4.69) is 19.9 Å². The smallest absolute Gasteiger partial charge is 0.407 e. The van der Waals surface area contributed by atoms with Crippen LogP contribution in [-0.2, 0) is 20.7 Å². The van der Waals surface area contributed by atoms with Crippen molar-refractivity contribution >= 4 is 29.2 Å². The lowest BCUT2D eigenvalue weighted by Gasteiger charge is -2.33. The van der Waals surface area contributed by atoms with E-state index in [-0.39, 0.29) is 12.4 Å². The van der Waals surface area contributed by atoms with Gasteiger partial charge in [-0.3, -0.25) is 4.79 Å². The summed E-state index contributed by atoms with van der Waals surface area (Å²) in [6, 6.07) is 5.78. The first-order valence-corrected chi connectivity index (χ1v) is 12.1. The van der Waals surface area contributed by atoms with Gasteiger partial charge < -0.3 is 29.3 Å². The fourth-order valence-electron chi connectivity index (χ4n) is 4.63. The third kappa shape index (κ3) is 4.76. The van der Waals surface area contributed by atoms with Gasteiger partial charge in [0, 0.05) is 51.0 Å². The number of carbonyl (C=O) groups excluding carboxylic acids is 1. The lowest BCUT2D eigenvalue weighted by molar-refractivity contribution is -0.142. The van der Waals surface area contributed by atoms with E-state index in [1.165, 1.54) is 4.90 Å². The van der Waals surface area contributed by atoms with Gasteiger partial charge in [-0.2, -0.15) is 5.10 Å². The van der Waals surface area contributed by atoms with Crippen LogP contribution >= 0.6 is 0 Å². The molecule has 2 saturated heterocycles. The van der Waals surface area contributed by atoms with E-state index in [0.29, 0.717) is 63.0 Å². The van der Waals surface area contributed by atoms with Crippen LogP contribution in [0.2, 0.25) is 0 Å². The SMILES string of the molecule is CCOC(=O)Cc1nc2c(N3CCOCC3)ccnn2c1-c1ccc(N2CCN(C(=O)O)CC2)nc1. The molecule has 0 spiro atoms. The highest BCUT2D eigenvalue weighted by atomic mass is 16.5. The van der Waals surface area contributed by atoms with Gasteiger partial charge >= 0.3 is 12.1 Å². The minimum absolute atomic E-state index is 0.0218. The number of aromatic nitrogens is 4. The van der Waals surface area contributed by atoms with Gasteiger partial charge in [0.2, 0.25) is 0 Å². The number of fused-ring (bicyclic) bond motifs is 1. The fourth-order valence-corrected chi connectivity index (χ4v) is 4.63. The number of rotatable bonds is 6. The maximum atomic E-state index is 12.4. The Labute approximate surface area is 208 Å². The highest BCUT2D eigenvalue weighted by Crippen LogP contribution is 2.30. The van der Waals surface area contributed by atoms with E-state index >= 15 is 0 Å². The summed E-state index contributed by atoms with van der Waals surface area (Å²) in [5, 5.41) is 13.8. The normalized spacial score (nSPS) is 16.4. The number of morpholine rings is 1. The fraction of sp³-hybridized carbons (Fsp3) is 0.458. The van der Waals surface area contributed by atoms with E-state index in [9.17, 15) is 14.7 Å². The predicted molar refractivity (Wildman–Crippen MR) is 131 cm³/mol. The maximum Gasteiger partial charge on any atom is 0.407 e. The number of amides is 1. The molecule has 0 bridgehead atoms. The number of hydrogen-bond acceptors (Lipinski definition) is 9. The first kappa shape index (κ1) is 23.8. The standard InChI is InChI=1S/C24H29N7O5/c1-2-36-21(32)15-18-22(31-23(27-18)19(5-6-26-31)28-11-13-35-14-12-28)17-3-4-20(25-16-17)29-7-9-30(10-8-29)24(33)34/h3-6,16H,2,7-15H2,1H3,(H,33,34). The molecule has 0 saturated carbocycles. The van der Waals surface area contributed by atoms with Gasteiger partial charge in [-0.1, -0.05) is 0 Å². The largest absolute Gasteiger partial charge is 0.466 e. The van der Waals surface area contributed by atoms with Crippen molar-refractivity contribution in [1.29, 1.82) is 0 Å². The second-order valence-corrected chi connectivity index (χ2v) is 8.60. The van der Waals surface area contributed by atoms with Crippen LogP contribution in [0.3, 0.4) is 0 Å². The Morgan fingerprint density at radius 3 is 2.50 bits per heavy atom. The quantitative estimate of drug-likeness (QED) is 0.503. The van der Waals surface area contributed by atoms with Crippen LogP contribution in [0.1, 0.15) is 12.6 Å². The molecule has 2 aliphatic rings. The molecule has 2 fully saturated rings. The van der Waals surface area contributed by atoms with E-state index in [1.54, 1.807) is 23.8 Å². The van der Waals surface area contributed by atoms with Crippen molar-refractivity contribution in [2.24, 2.45) is 0 Å². The Morgan fingerprint density at radius 1 is 1.06 bits per heavy atom. The summed E-state index contributed by atoms with van der Waals surface area (Å²) in [5.74, 6) is 0.419. The lowest BCUT2D eigenvalue weighted by atomic mass is 10.1. The molecular formula is C24H29N7O5. The topological polar surface area (TPSA) is 126 Å². The number of piperazine rings is 1. The molecule has 12 nitrogen and oxygen atoms in total. The van der Waals surface area contributed by atoms with Crippen LogP contribution in [0, 0.1) is 0 Å². The Balaban J connectivity index is 1.49. The van der Waals surface area contributed by atoms with Crippen molar-refractivity contribution in [3.8, 4) is 11.3 Å². The first-order valence-electron chi connectivity index (χ1n) is 12.1. The third-order valence-corrected chi connectivity index (χ3v) is 6.43. The van der Waals surface area contributed by atoms with E-state index in [4.69, 9.17) is 14.5 Å². The first-order chi connectivity index (χ1) is 17.5. The molecule has 12 heteroatoms. The highest BCUT2D eigenvalue weighted by molar-refractivity contribution is 5.80. The van der Waals surface area contributed by atoms with Crippen molar-refractivity contribution in [2.75, 3.05) is 68.9 Å². The minimum Gasteiger partial charge on any atom is -0.466 e. The summed E-state index contributed by atoms with van der Waals surface area (Å²) < 4.78 is 12.5. The molecule has 190 valence electrons. The average molecular weight is 496 g/mol. The molecular weight excluding hydrogens is 466 g/mol. The Hall–Kier alpha value is -3.93. The van der Waals surface area contributed by atoms with Crippen molar-refractivity contribution < 1.29 is 24.2 Å².